The van der Waals surface area contributed by atoms with Gasteiger partial charge in [0.15, 0.2) is 5.82 Å². The van der Waals surface area contributed by atoms with E-state index in [9.17, 15) is 4.79 Å². The van der Waals surface area contributed by atoms with E-state index >= 15 is 0 Å². The molecule has 2 aromatic heterocycles. The summed E-state index contributed by atoms with van der Waals surface area (Å²) < 4.78 is 12.6. The predicted octanol–water partition coefficient (Wildman–Crippen LogP) is 3.08. The first-order chi connectivity index (χ1) is 14.4. The lowest BCUT2D eigenvalue weighted by Crippen LogP contribution is -2.38. The smallest absolute Gasteiger partial charge is 0.323 e. The first kappa shape index (κ1) is 22.3. The van der Waals surface area contributed by atoms with Crippen LogP contribution in [0.2, 0.25) is 0 Å². The van der Waals surface area contributed by atoms with E-state index in [4.69, 9.17) is 9.26 Å². The third-order valence-corrected chi connectivity index (χ3v) is 6.05. The van der Waals surface area contributed by atoms with Gasteiger partial charge in [-0.15, -0.1) is 0 Å². The molecule has 8 heteroatoms. The molecule has 0 unspecified atom stereocenters. The van der Waals surface area contributed by atoms with Crippen molar-refractivity contribution >= 4 is 11.9 Å². The Morgan fingerprint density at radius 3 is 2.67 bits per heavy atom. The first-order valence-electron chi connectivity index (χ1n) is 10.9. The molecule has 1 aliphatic heterocycles. The lowest BCUT2D eigenvalue weighted by Gasteiger charge is -2.32. The van der Waals surface area contributed by atoms with Crippen molar-refractivity contribution in [1.82, 2.24) is 19.6 Å². The van der Waals surface area contributed by atoms with E-state index in [1.807, 2.05) is 36.9 Å². The van der Waals surface area contributed by atoms with E-state index < -0.39 is 0 Å². The number of ether oxygens (including phenoxy) is 1. The van der Waals surface area contributed by atoms with E-state index in [-0.39, 0.29) is 5.91 Å². The molecule has 0 N–H and O–H groups in total. The number of rotatable bonds is 9. The molecular formula is C22H35N5O3. The van der Waals surface area contributed by atoms with Crippen LogP contribution in [0.3, 0.4) is 0 Å². The van der Waals surface area contributed by atoms with Crippen LogP contribution in [0.4, 0.5) is 6.01 Å². The normalized spacial score (nSPS) is 15.0. The number of anilines is 1. The number of carbonyl (C=O) groups is 1. The van der Waals surface area contributed by atoms with Crippen molar-refractivity contribution in [3.8, 4) is 0 Å². The molecule has 166 valence electrons. The fourth-order valence-corrected chi connectivity index (χ4v) is 4.18. The summed E-state index contributed by atoms with van der Waals surface area (Å²) in [6, 6.07) is 2.58. The second kappa shape index (κ2) is 10.1. The van der Waals surface area contributed by atoms with Crippen LogP contribution in [0.1, 0.15) is 53.3 Å². The zero-order valence-electron chi connectivity index (χ0n) is 19.0. The minimum atomic E-state index is 0.160. The maximum absolute atomic E-state index is 13.1. The Hall–Kier alpha value is -2.35. The van der Waals surface area contributed by atoms with Crippen LogP contribution in [-0.2, 0) is 17.7 Å². The Balaban J connectivity index is 1.50. The minimum Gasteiger partial charge on any atom is -0.385 e. The molecule has 0 atom stereocenters. The van der Waals surface area contributed by atoms with Crippen LogP contribution in [0.25, 0.3) is 0 Å². The van der Waals surface area contributed by atoms with Gasteiger partial charge in [-0.2, -0.15) is 4.98 Å². The second-order valence-corrected chi connectivity index (χ2v) is 8.44. The van der Waals surface area contributed by atoms with Crippen molar-refractivity contribution < 1.29 is 14.1 Å². The molecule has 1 aliphatic rings. The topological polar surface area (TPSA) is 76.6 Å². The summed E-state index contributed by atoms with van der Waals surface area (Å²) in [6.45, 7) is 7.36. The second-order valence-electron chi connectivity index (χ2n) is 8.44. The molecule has 0 spiro atoms. The zero-order chi connectivity index (χ0) is 21.7. The van der Waals surface area contributed by atoms with Gasteiger partial charge in [-0.1, -0.05) is 5.16 Å². The van der Waals surface area contributed by atoms with Gasteiger partial charge < -0.3 is 23.6 Å². The fourth-order valence-electron chi connectivity index (χ4n) is 4.18. The highest BCUT2D eigenvalue weighted by Crippen LogP contribution is 2.25. The summed E-state index contributed by atoms with van der Waals surface area (Å²) >= 11 is 0. The minimum absolute atomic E-state index is 0.160. The van der Waals surface area contributed by atoms with Crippen LogP contribution in [0.5, 0.6) is 0 Å². The molecular weight excluding hydrogens is 382 g/mol. The van der Waals surface area contributed by atoms with E-state index in [1.54, 1.807) is 7.11 Å². The summed E-state index contributed by atoms with van der Waals surface area (Å²) in [5.41, 5.74) is 3.04. The van der Waals surface area contributed by atoms with Crippen LogP contribution in [-0.4, -0.2) is 66.4 Å². The third-order valence-electron chi connectivity index (χ3n) is 6.05. The summed E-state index contributed by atoms with van der Waals surface area (Å²) in [5, 5.41) is 4.05. The molecule has 1 amide bonds. The number of aromatic nitrogens is 3. The van der Waals surface area contributed by atoms with Gasteiger partial charge in [0.05, 0.1) is 5.56 Å². The number of piperidine rings is 1. The average Bonchev–Trinajstić information content (AvgIpc) is 3.32. The van der Waals surface area contributed by atoms with Crippen molar-refractivity contribution in [2.24, 2.45) is 5.92 Å². The average molecular weight is 418 g/mol. The van der Waals surface area contributed by atoms with Gasteiger partial charge in [0.2, 0.25) is 0 Å². The lowest BCUT2D eigenvalue weighted by atomic mass is 9.92. The fraction of sp³-hybridized carbons (Fsp3) is 0.682. The van der Waals surface area contributed by atoms with Gasteiger partial charge in [-0.25, -0.2) is 0 Å². The molecule has 3 heterocycles. The highest BCUT2D eigenvalue weighted by molar-refractivity contribution is 5.95. The Labute approximate surface area is 179 Å². The monoisotopic (exact) mass is 417 g/mol. The van der Waals surface area contributed by atoms with Crippen molar-refractivity contribution in [3.05, 3.63) is 28.8 Å². The quantitative estimate of drug-likeness (QED) is 0.584. The van der Waals surface area contributed by atoms with Crippen LogP contribution >= 0.6 is 0 Å². The molecule has 0 radical (unpaired) electrons. The molecule has 0 aromatic carbocycles. The molecule has 8 nitrogen and oxygen atoms in total. The first-order valence-corrected chi connectivity index (χ1v) is 10.9. The van der Waals surface area contributed by atoms with Crippen LogP contribution < -0.4 is 4.90 Å². The summed E-state index contributed by atoms with van der Waals surface area (Å²) in [4.78, 5) is 21.3. The Bertz CT molecular complexity index is 834. The Kier molecular flexibility index (Phi) is 7.53. The molecule has 1 fully saturated rings. The number of aryl methyl sites for hydroxylation is 2. The number of likely N-dealkylation sites (tertiary alicyclic amines) is 1. The maximum Gasteiger partial charge on any atom is 0.323 e. The standard InChI is InChI=1S/C22H35N5O3/c1-16-15-19(17(2)27(16)11-6-14-29-5)21(28)26-12-9-18(10-13-26)7-8-20-23-22(25(3)4)30-24-20/h15,18H,6-14H2,1-5H3. The van der Waals surface area contributed by atoms with Gasteiger partial charge in [0, 0.05) is 65.3 Å². The van der Waals surface area contributed by atoms with Crippen LogP contribution in [0, 0.1) is 19.8 Å². The highest BCUT2D eigenvalue weighted by atomic mass is 16.5. The molecule has 3 rings (SSSR count). The molecule has 0 saturated carbocycles. The summed E-state index contributed by atoms with van der Waals surface area (Å²) in [6.07, 6.45) is 4.84. The van der Waals surface area contributed by atoms with Gasteiger partial charge >= 0.3 is 6.01 Å². The van der Waals surface area contributed by atoms with Gasteiger partial charge in [0.1, 0.15) is 0 Å². The number of amides is 1. The molecule has 1 saturated heterocycles. The van der Waals surface area contributed by atoms with Gasteiger partial charge in [-0.05, 0) is 51.5 Å². The van der Waals surface area contributed by atoms with Crippen molar-refractivity contribution in [1.29, 1.82) is 0 Å². The van der Waals surface area contributed by atoms with Crippen LogP contribution in [0.15, 0.2) is 10.6 Å². The lowest BCUT2D eigenvalue weighted by molar-refractivity contribution is 0.0685. The largest absolute Gasteiger partial charge is 0.385 e. The third kappa shape index (κ3) is 5.22. The van der Waals surface area contributed by atoms with E-state index in [0.29, 0.717) is 11.9 Å². The van der Waals surface area contributed by atoms with Crippen molar-refractivity contribution in [2.75, 3.05) is 45.8 Å². The predicted molar refractivity (Wildman–Crippen MR) is 116 cm³/mol. The number of nitrogens with zero attached hydrogens (tertiary/aromatic N) is 5. The Morgan fingerprint density at radius 2 is 2.03 bits per heavy atom. The van der Waals surface area contributed by atoms with Gasteiger partial charge in [0.25, 0.3) is 5.91 Å². The SMILES string of the molecule is COCCCn1c(C)cc(C(=O)N2CCC(CCc3noc(N(C)C)n3)CC2)c1C. The number of methoxy groups -OCH3 is 1. The van der Waals surface area contributed by atoms with E-state index in [1.165, 1.54) is 0 Å². The number of hydrogen-bond acceptors (Lipinski definition) is 6. The molecule has 0 bridgehead atoms. The summed E-state index contributed by atoms with van der Waals surface area (Å²) in [5.74, 6) is 1.52. The molecule has 2 aromatic rings. The Morgan fingerprint density at radius 1 is 1.30 bits per heavy atom. The number of carbonyl (C=O) groups excluding carboxylic acids is 1. The molecule has 30 heavy (non-hydrogen) atoms. The highest BCUT2D eigenvalue weighted by Gasteiger charge is 2.26. The van der Waals surface area contributed by atoms with Crippen molar-refractivity contribution in [3.63, 3.8) is 0 Å². The molecule has 0 aliphatic carbocycles. The summed E-state index contributed by atoms with van der Waals surface area (Å²) in [7, 11) is 5.50. The van der Waals surface area contributed by atoms with Crippen molar-refractivity contribution in [2.45, 2.75) is 52.5 Å². The maximum atomic E-state index is 13.1. The van der Waals surface area contributed by atoms with E-state index in [0.717, 1.165) is 81.1 Å². The number of hydrogen-bond donors (Lipinski definition) is 0. The zero-order valence-corrected chi connectivity index (χ0v) is 19.0. The van der Waals surface area contributed by atoms with E-state index in [2.05, 4.69) is 21.6 Å². The van der Waals surface area contributed by atoms with Gasteiger partial charge in [-0.3, -0.25) is 4.79 Å².